The number of carbonyl (C=O) groups is 2. The van der Waals surface area contributed by atoms with Crippen LogP contribution in [0.3, 0.4) is 0 Å². The molecule has 1 aromatic heterocycles. The van der Waals surface area contributed by atoms with E-state index in [1.807, 2.05) is 12.1 Å². The molecule has 0 aliphatic heterocycles. The number of pyridine rings is 1. The Hall–Kier alpha value is -3.81. The topological polar surface area (TPSA) is 98.8 Å². The first kappa shape index (κ1) is 23.5. The number of anilines is 1. The molecule has 8 heteroatoms. The molecular formula is C23H27N3O5. The van der Waals surface area contributed by atoms with E-state index in [0.717, 1.165) is 11.4 Å². The Labute approximate surface area is 181 Å². The van der Waals surface area contributed by atoms with Crippen LogP contribution < -0.4 is 15.4 Å². The predicted molar refractivity (Wildman–Crippen MR) is 117 cm³/mol. The van der Waals surface area contributed by atoms with E-state index in [0.29, 0.717) is 5.69 Å². The van der Waals surface area contributed by atoms with E-state index >= 15 is 0 Å². The van der Waals surface area contributed by atoms with Crippen LogP contribution in [-0.2, 0) is 19.1 Å². The molecule has 0 aliphatic rings. The second-order valence-electron chi connectivity index (χ2n) is 6.14. The molecule has 1 heterocycles. The highest BCUT2D eigenvalue weighted by Crippen LogP contribution is 2.17. The Morgan fingerprint density at radius 3 is 2.42 bits per heavy atom. The summed E-state index contributed by atoms with van der Waals surface area (Å²) >= 11 is 0. The van der Waals surface area contributed by atoms with Gasteiger partial charge in [-0.25, -0.2) is 4.79 Å². The minimum absolute atomic E-state index is 0.164. The van der Waals surface area contributed by atoms with Crippen molar-refractivity contribution >= 4 is 17.6 Å². The zero-order chi connectivity index (χ0) is 22.5. The van der Waals surface area contributed by atoms with Gasteiger partial charge in [0, 0.05) is 18.1 Å². The quantitative estimate of drug-likeness (QED) is 0.418. The van der Waals surface area contributed by atoms with Crippen LogP contribution in [0.1, 0.15) is 25.5 Å². The van der Waals surface area contributed by atoms with Gasteiger partial charge in [-0.05, 0) is 62.5 Å². The van der Waals surface area contributed by atoms with Crippen molar-refractivity contribution in [2.24, 2.45) is 0 Å². The van der Waals surface area contributed by atoms with Gasteiger partial charge in [0.25, 0.3) is 0 Å². The fourth-order valence-electron chi connectivity index (χ4n) is 2.54. The Kier molecular flexibility index (Phi) is 9.61. The van der Waals surface area contributed by atoms with Crippen molar-refractivity contribution in [1.82, 2.24) is 10.3 Å². The first-order valence-electron chi connectivity index (χ1n) is 9.87. The molecule has 0 saturated heterocycles. The third kappa shape index (κ3) is 7.50. The number of rotatable bonds is 11. The molecule has 164 valence electrons. The molecule has 1 unspecified atom stereocenters. The number of aromatic nitrogens is 1. The average molecular weight is 425 g/mol. The largest absolute Gasteiger partial charge is 0.497 e. The molecule has 0 bridgehead atoms. The number of esters is 2. The number of carbonyl (C=O) groups excluding carboxylic acids is 2. The second kappa shape index (κ2) is 12.7. The highest BCUT2D eigenvalue weighted by molar-refractivity contribution is 5.88. The van der Waals surface area contributed by atoms with Gasteiger partial charge in [0.15, 0.2) is 0 Å². The van der Waals surface area contributed by atoms with E-state index in [1.54, 1.807) is 63.6 Å². The molecule has 2 aromatic rings. The van der Waals surface area contributed by atoms with Gasteiger partial charge in [-0.1, -0.05) is 6.07 Å². The maximum absolute atomic E-state index is 12.3. The summed E-state index contributed by atoms with van der Waals surface area (Å²) < 4.78 is 15.4. The van der Waals surface area contributed by atoms with Gasteiger partial charge in [0.05, 0.1) is 26.0 Å². The van der Waals surface area contributed by atoms with E-state index in [4.69, 9.17) is 14.2 Å². The number of nitrogens with one attached hydrogen (secondary N) is 2. The summed E-state index contributed by atoms with van der Waals surface area (Å²) in [7, 11) is 1.59. The zero-order valence-corrected chi connectivity index (χ0v) is 17.8. The van der Waals surface area contributed by atoms with Crippen molar-refractivity contribution in [3.63, 3.8) is 0 Å². The van der Waals surface area contributed by atoms with Gasteiger partial charge in [-0.3, -0.25) is 9.78 Å². The molecule has 31 heavy (non-hydrogen) atoms. The van der Waals surface area contributed by atoms with Gasteiger partial charge in [0.2, 0.25) is 0 Å². The molecular weight excluding hydrogens is 398 g/mol. The number of benzene rings is 1. The molecule has 0 aliphatic carbocycles. The fourth-order valence-corrected chi connectivity index (χ4v) is 2.54. The number of methoxy groups -OCH3 is 1. The van der Waals surface area contributed by atoms with Crippen molar-refractivity contribution < 1.29 is 23.8 Å². The summed E-state index contributed by atoms with van der Waals surface area (Å²) in [5.41, 5.74) is 1.46. The molecule has 2 rings (SSSR count). The molecule has 0 spiro atoms. The number of hydrogen-bond acceptors (Lipinski definition) is 8. The van der Waals surface area contributed by atoms with Gasteiger partial charge < -0.3 is 24.8 Å². The zero-order valence-electron chi connectivity index (χ0n) is 17.8. The normalized spacial score (nSPS) is 12.2. The van der Waals surface area contributed by atoms with Gasteiger partial charge in [-0.15, -0.1) is 0 Å². The second-order valence-corrected chi connectivity index (χ2v) is 6.14. The van der Waals surface area contributed by atoms with E-state index in [2.05, 4.69) is 15.6 Å². The monoisotopic (exact) mass is 425 g/mol. The molecule has 0 radical (unpaired) electrons. The number of ether oxygens (including phenoxy) is 3. The molecule has 0 fully saturated rings. The predicted octanol–water partition coefficient (Wildman–Crippen LogP) is 3.36. The van der Waals surface area contributed by atoms with Crippen molar-refractivity contribution in [3.8, 4) is 5.75 Å². The van der Waals surface area contributed by atoms with Crippen molar-refractivity contribution in [2.75, 3.05) is 25.6 Å². The third-order valence-corrected chi connectivity index (χ3v) is 4.04. The Balaban J connectivity index is 2.16. The highest BCUT2D eigenvalue weighted by atomic mass is 16.5. The lowest BCUT2D eigenvalue weighted by molar-refractivity contribution is -0.143. The Bertz CT molecular complexity index is 895. The summed E-state index contributed by atoms with van der Waals surface area (Å²) in [6, 6.07) is 12.5. The van der Waals surface area contributed by atoms with E-state index < -0.39 is 17.9 Å². The lowest BCUT2D eigenvalue weighted by Gasteiger charge is -2.12. The van der Waals surface area contributed by atoms with Gasteiger partial charge in [-0.2, -0.15) is 0 Å². The van der Waals surface area contributed by atoms with E-state index in [-0.39, 0.29) is 18.9 Å². The van der Waals surface area contributed by atoms with Crippen LogP contribution in [-0.4, -0.2) is 37.2 Å². The summed E-state index contributed by atoms with van der Waals surface area (Å²) in [6.45, 7) is 3.94. The van der Waals surface area contributed by atoms with Crippen LogP contribution in [0.4, 0.5) is 5.69 Å². The summed E-state index contributed by atoms with van der Waals surface area (Å²) in [4.78, 5) is 28.9. The van der Waals surface area contributed by atoms with Crippen molar-refractivity contribution in [3.05, 3.63) is 78.5 Å². The number of hydrogen-bond donors (Lipinski definition) is 2. The summed E-state index contributed by atoms with van der Waals surface area (Å²) in [6.07, 6.45) is 6.17. The number of nitrogens with zero attached hydrogens (tertiary/aromatic N) is 1. The van der Waals surface area contributed by atoms with Crippen LogP contribution in [0, 0.1) is 0 Å². The average Bonchev–Trinajstić information content (AvgIpc) is 2.79. The van der Waals surface area contributed by atoms with Crippen LogP contribution in [0.2, 0.25) is 0 Å². The van der Waals surface area contributed by atoms with Crippen LogP contribution in [0.25, 0.3) is 0 Å². The first-order valence-corrected chi connectivity index (χ1v) is 9.87. The molecule has 0 amide bonds. The maximum Gasteiger partial charge on any atom is 0.356 e. The minimum atomic E-state index is -0.716. The Morgan fingerprint density at radius 1 is 1.06 bits per heavy atom. The summed E-state index contributed by atoms with van der Waals surface area (Å²) in [5.74, 6) is -0.969. The van der Waals surface area contributed by atoms with Gasteiger partial charge in [0.1, 0.15) is 17.4 Å². The first-order chi connectivity index (χ1) is 15.1. The van der Waals surface area contributed by atoms with Gasteiger partial charge >= 0.3 is 11.9 Å². The highest BCUT2D eigenvalue weighted by Gasteiger charge is 2.20. The van der Waals surface area contributed by atoms with Crippen molar-refractivity contribution in [2.45, 2.75) is 19.8 Å². The molecule has 1 atom stereocenters. The van der Waals surface area contributed by atoms with Crippen LogP contribution >= 0.6 is 0 Å². The molecule has 8 nitrogen and oxygen atoms in total. The Morgan fingerprint density at radius 2 is 1.81 bits per heavy atom. The fraction of sp³-hybridized carbons (Fsp3) is 0.261. The third-order valence-electron chi connectivity index (χ3n) is 4.04. The van der Waals surface area contributed by atoms with Crippen LogP contribution in [0.5, 0.6) is 5.75 Å². The van der Waals surface area contributed by atoms with E-state index in [9.17, 15) is 9.59 Å². The molecule has 2 N–H and O–H groups in total. The lowest BCUT2D eigenvalue weighted by Crippen LogP contribution is -2.21. The summed E-state index contributed by atoms with van der Waals surface area (Å²) in [5, 5.41) is 5.91. The maximum atomic E-state index is 12.3. The smallest absolute Gasteiger partial charge is 0.356 e. The van der Waals surface area contributed by atoms with Crippen molar-refractivity contribution in [1.29, 1.82) is 0 Å². The minimum Gasteiger partial charge on any atom is -0.497 e. The lowest BCUT2D eigenvalue weighted by atomic mass is 10.1. The standard InChI is InChI=1S/C23H27N3O5/c1-4-30-22(27)19(20-8-6-7-14-24-20)13-15-25-21(23(28)31-5-2)16-26-17-9-11-18(29-3)12-10-17/h6-16,19,25-26H,4-5H2,1-3H3/b15-13+,21-16-. The molecule has 1 aromatic carbocycles. The van der Waals surface area contributed by atoms with Crippen LogP contribution in [0.15, 0.2) is 72.8 Å². The van der Waals surface area contributed by atoms with E-state index in [1.165, 1.54) is 12.4 Å². The molecule has 0 saturated carbocycles. The SMILES string of the molecule is CCOC(=O)/C(=C/Nc1ccc(OC)cc1)N/C=C/C(C(=O)OCC)c1ccccn1.